The second-order valence-electron chi connectivity index (χ2n) is 14.5. The molecule has 3 fully saturated rings. The van der Waals surface area contributed by atoms with Gasteiger partial charge < -0.3 is 29.3 Å². The summed E-state index contributed by atoms with van der Waals surface area (Å²) in [6.07, 6.45) is 6.67. The Balaban J connectivity index is 1.50. The Labute approximate surface area is 308 Å². The Kier molecular flexibility index (Phi) is 12.8. The average molecular weight is 714 g/mol. The average Bonchev–Trinajstić information content (AvgIpc) is 3.79. The first-order valence-corrected chi connectivity index (χ1v) is 18.7. The van der Waals surface area contributed by atoms with Crippen LogP contribution in [0.5, 0.6) is 0 Å². The van der Waals surface area contributed by atoms with Gasteiger partial charge in [-0.2, -0.15) is 0 Å². The molecule has 0 aliphatic carbocycles. The number of unbranched alkanes of at least 4 members (excludes halogenated alkanes) is 3. The summed E-state index contributed by atoms with van der Waals surface area (Å²) in [7, 11) is 1.70. The summed E-state index contributed by atoms with van der Waals surface area (Å²) in [6, 6.07) is 13.8. The highest BCUT2D eigenvalue weighted by molar-refractivity contribution is 6.05. The number of rotatable bonds is 18. The number of ether oxygens (including phenoxy) is 2. The number of aryl methyl sites for hydroxylation is 2. The van der Waals surface area contributed by atoms with Crippen LogP contribution in [0.25, 0.3) is 0 Å². The third kappa shape index (κ3) is 7.46. The van der Waals surface area contributed by atoms with Crippen molar-refractivity contribution in [2.24, 2.45) is 11.8 Å². The number of likely N-dealkylation sites (N-methyl/N-ethyl adjacent to an activating group) is 1. The molecule has 52 heavy (non-hydrogen) atoms. The molecule has 2 aromatic carbocycles. The summed E-state index contributed by atoms with van der Waals surface area (Å²) < 4.78 is 13.1. The largest absolute Gasteiger partial charge is 0.455 e. The Morgan fingerprint density at radius 2 is 1.73 bits per heavy atom. The first-order chi connectivity index (χ1) is 25.0. The van der Waals surface area contributed by atoms with E-state index in [1.807, 2.05) is 69.3 Å². The van der Waals surface area contributed by atoms with Crippen LogP contribution in [0.15, 0.2) is 73.8 Å². The lowest BCUT2D eigenvalue weighted by Crippen LogP contribution is -2.56. The monoisotopic (exact) mass is 713 g/mol. The van der Waals surface area contributed by atoms with E-state index in [0.717, 1.165) is 35.2 Å². The molecule has 1 N–H and O–H groups in total. The predicted molar refractivity (Wildman–Crippen MR) is 200 cm³/mol. The van der Waals surface area contributed by atoms with E-state index in [-0.39, 0.29) is 37.3 Å². The zero-order valence-electron chi connectivity index (χ0n) is 31.2. The molecule has 3 aliphatic heterocycles. The van der Waals surface area contributed by atoms with Gasteiger partial charge in [-0.3, -0.25) is 19.2 Å². The molecular weight excluding hydrogens is 658 g/mol. The first kappa shape index (κ1) is 38.9. The van der Waals surface area contributed by atoms with Crippen LogP contribution in [-0.4, -0.2) is 89.1 Å². The van der Waals surface area contributed by atoms with E-state index in [0.29, 0.717) is 38.6 Å². The smallest absolute Gasteiger partial charge is 0.313 e. The standard InChI is InChI=1S/C42H55N3O7/c1-7-9-22-33(47)43(6)30(5)37(31-20-13-12-14-21-31)51-41(50)34-32-23-24-42(52-32)35(34)39(48)45(26-15-10-11-16-27-46)38(42)40(49)44(25-8-2)36-28(3)18-17-19-29(36)4/h7-8,12-14,17-21,30,32,34-35,37-38,46H,1-2,9-11,15-16,22-27H2,3-6H3/t30-,32+,34-,35-,37+,38+,42-/m0/s1. The van der Waals surface area contributed by atoms with E-state index in [2.05, 4.69) is 13.2 Å². The van der Waals surface area contributed by atoms with E-state index in [4.69, 9.17) is 9.47 Å². The molecule has 0 saturated carbocycles. The fourth-order valence-corrected chi connectivity index (χ4v) is 8.61. The second kappa shape index (κ2) is 17.0. The summed E-state index contributed by atoms with van der Waals surface area (Å²) in [6.45, 7) is 14.1. The summed E-state index contributed by atoms with van der Waals surface area (Å²) in [5, 5.41) is 9.31. The number of nitrogens with zero attached hydrogens (tertiary/aromatic N) is 3. The van der Waals surface area contributed by atoms with Crippen LogP contribution >= 0.6 is 0 Å². The topological polar surface area (TPSA) is 117 Å². The summed E-state index contributed by atoms with van der Waals surface area (Å²) in [5.74, 6) is -3.00. The van der Waals surface area contributed by atoms with Gasteiger partial charge in [-0.05, 0) is 69.6 Å². The zero-order chi connectivity index (χ0) is 37.6. The molecule has 3 saturated heterocycles. The number of amides is 3. The number of esters is 1. The van der Waals surface area contributed by atoms with Crippen LogP contribution in [-0.2, 0) is 28.7 Å². The number of anilines is 1. The van der Waals surface area contributed by atoms with Crippen molar-refractivity contribution in [2.45, 2.75) is 102 Å². The van der Waals surface area contributed by atoms with Crippen molar-refractivity contribution in [1.29, 1.82) is 0 Å². The van der Waals surface area contributed by atoms with Crippen LogP contribution in [0.1, 0.15) is 81.1 Å². The molecule has 2 aromatic rings. The van der Waals surface area contributed by atoms with Crippen LogP contribution in [0.4, 0.5) is 5.69 Å². The third-order valence-corrected chi connectivity index (χ3v) is 11.3. The highest BCUT2D eigenvalue weighted by Gasteiger charge is 2.75. The highest BCUT2D eigenvalue weighted by atomic mass is 16.6. The number of hydrogen-bond donors (Lipinski definition) is 1. The molecule has 5 rings (SSSR count). The Morgan fingerprint density at radius 3 is 2.38 bits per heavy atom. The van der Waals surface area contributed by atoms with Gasteiger partial charge in [0.15, 0.2) is 0 Å². The molecule has 2 bridgehead atoms. The first-order valence-electron chi connectivity index (χ1n) is 18.7. The van der Waals surface area contributed by atoms with E-state index >= 15 is 4.79 Å². The van der Waals surface area contributed by atoms with E-state index in [1.54, 1.807) is 33.9 Å². The quantitative estimate of drug-likeness (QED) is 0.117. The minimum absolute atomic E-state index is 0.0958. The van der Waals surface area contributed by atoms with Crippen molar-refractivity contribution in [3.63, 3.8) is 0 Å². The second-order valence-corrected chi connectivity index (χ2v) is 14.5. The Hall–Kier alpha value is -4.28. The van der Waals surface area contributed by atoms with Crippen LogP contribution in [0.2, 0.25) is 0 Å². The number of fused-ring (bicyclic) bond motifs is 1. The number of carbonyl (C=O) groups is 4. The van der Waals surface area contributed by atoms with E-state index in [9.17, 15) is 19.5 Å². The Morgan fingerprint density at radius 1 is 1.04 bits per heavy atom. The molecule has 10 heteroatoms. The maximum Gasteiger partial charge on any atom is 0.313 e. The van der Waals surface area contributed by atoms with Crippen molar-refractivity contribution in [3.05, 3.63) is 90.5 Å². The van der Waals surface area contributed by atoms with Crippen LogP contribution < -0.4 is 4.90 Å². The molecule has 280 valence electrons. The van der Waals surface area contributed by atoms with Gasteiger partial charge in [-0.15, -0.1) is 13.2 Å². The van der Waals surface area contributed by atoms with Crippen molar-refractivity contribution in [1.82, 2.24) is 9.80 Å². The van der Waals surface area contributed by atoms with Gasteiger partial charge >= 0.3 is 5.97 Å². The summed E-state index contributed by atoms with van der Waals surface area (Å²) in [5.41, 5.74) is 2.16. The van der Waals surface area contributed by atoms with Crippen LogP contribution in [0.3, 0.4) is 0 Å². The molecular formula is C42H55N3O7. The van der Waals surface area contributed by atoms with Gasteiger partial charge in [0, 0.05) is 38.9 Å². The fourth-order valence-electron chi connectivity index (χ4n) is 8.61. The minimum atomic E-state index is -1.20. The van der Waals surface area contributed by atoms with Gasteiger partial charge in [0.2, 0.25) is 11.8 Å². The van der Waals surface area contributed by atoms with E-state index in [1.165, 1.54) is 0 Å². The number of carbonyl (C=O) groups excluding carboxylic acids is 4. The van der Waals surface area contributed by atoms with E-state index < -0.39 is 47.7 Å². The number of likely N-dealkylation sites (tertiary alicyclic amines) is 1. The van der Waals surface area contributed by atoms with Crippen molar-refractivity contribution in [2.75, 3.05) is 31.6 Å². The van der Waals surface area contributed by atoms with Crippen molar-refractivity contribution in [3.8, 4) is 0 Å². The van der Waals surface area contributed by atoms with Gasteiger partial charge in [-0.25, -0.2) is 0 Å². The summed E-state index contributed by atoms with van der Waals surface area (Å²) >= 11 is 0. The maximum atomic E-state index is 15.0. The normalized spacial score (nSPS) is 24.2. The molecule has 0 unspecified atom stereocenters. The molecule has 0 aromatic heterocycles. The molecule has 3 heterocycles. The molecule has 0 radical (unpaired) electrons. The third-order valence-electron chi connectivity index (χ3n) is 11.3. The molecule has 10 nitrogen and oxygen atoms in total. The predicted octanol–water partition coefficient (Wildman–Crippen LogP) is 5.85. The highest BCUT2D eigenvalue weighted by Crippen LogP contribution is 2.59. The Bertz CT molecular complexity index is 1610. The lowest BCUT2D eigenvalue weighted by molar-refractivity contribution is -0.164. The van der Waals surface area contributed by atoms with Gasteiger partial charge in [-0.1, -0.05) is 73.5 Å². The lowest BCUT2D eigenvalue weighted by Gasteiger charge is -2.37. The molecule has 3 aliphatic rings. The van der Waals surface area contributed by atoms with Gasteiger partial charge in [0.1, 0.15) is 17.7 Å². The summed E-state index contributed by atoms with van der Waals surface area (Å²) in [4.78, 5) is 62.2. The van der Waals surface area contributed by atoms with Crippen molar-refractivity contribution < 1.29 is 33.8 Å². The zero-order valence-corrected chi connectivity index (χ0v) is 31.2. The number of para-hydroxylation sites is 1. The number of hydrogen-bond acceptors (Lipinski definition) is 7. The molecule has 7 atom stereocenters. The molecule has 3 amide bonds. The van der Waals surface area contributed by atoms with Gasteiger partial charge in [0.05, 0.1) is 24.0 Å². The number of allylic oxidation sites excluding steroid dienone is 1. The number of benzene rings is 2. The lowest BCUT2D eigenvalue weighted by atomic mass is 9.70. The maximum absolute atomic E-state index is 15.0. The van der Waals surface area contributed by atoms with Crippen molar-refractivity contribution >= 4 is 29.4 Å². The van der Waals surface area contributed by atoms with Gasteiger partial charge in [0.25, 0.3) is 5.91 Å². The molecule has 1 spiro atoms. The fraction of sp³-hybridized carbons (Fsp3) is 0.524. The minimum Gasteiger partial charge on any atom is -0.455 e. The SMILES string of the molecule is C=CCCC(=O)N(C)[C@@H](C)[C@@H](OC(=O)[C@@H]1[C@H]2C(=O)N(CCCCCCO)[C@H](C(=O)N(CC=C)c3c(C)cccc3C)[C@]23CC[C@H]1O3)c1ccccc1. The number of aliphatic hydroxyl groups is 1. The van der Waals surface area contributed by atoms with Crippen LogP contribution in [0, 0.1) is 25.7 Å². The number of aliphatic hydroxyl groups excluding tert-OH is 1.